The van der Waals surface area contributed by atoms with Gasteiger partial charge in [0.15, 0.2) is 27.0 Å². The van der Waals surface area contributed by atoms with Crippen LogP contribution in [0.25, 0.3) is 0 Å². The topological polar surface area (TPSA) is 125 Å². The second kappa shape index (κ2) is 10.00. The number of hydrogen-bond acceptors (Lipinski definition) is 8. The highest BCUT2D eigenvalue weighted by molar-refractivity contribution is 7.90. The van der Waals surface area contributed by atoms with Gasteiger partial charge in [-0.2, -0.15) is 18.3 Å². The SMILES string of the molecule is COc1cncc(Oc2c(C)c(C(=O)NCc3ccc(S(C)(=O)=O)cn3)nn2C(C)(C)C)c1C(F)(F)F. The minimum Gasteiger partial charge on any atom is -0.494 e. The first-order valence-corrected chi connectivity index (χ1v) is 12.7. The fraction of sp³-hybridized carbons (Fsp3) is 0.391. The molecule has 0 radical (unpaired) electrons. The number of carbonyl (C=O) groups is 1. The van der Waals surface area contributed by atoms with Crippen LogP contribution in [-0.4, -0.2) is 47.4 Å². The Morgan fingerprint density at radius 1 is 1.11 bits per heavy atom. The molecule has 37 heavy (non-hydrogen) atoms. The molecule has 200 valence electrons. The summed E-state index contributed by atoms with van der Waals surface area (Å²) in [5, 5.41) is 6.95. The van der Waals surface area contributed by atoms with Gasteiger partial charge in [0.05, 0.1) is 42.2 Å². The summed E-state index contributed by atoms with van der Waals surface area (Å²) in [6, 6.07) is 2.83. The Bertz CT molecular complexity index is 1410. The third-order valence-electron chi connectivity index (χ3n) is 5.16. The van der Waals surface area contributed by atoms with Crippen molar-refractivity contribution in [2.45, 2.75) is 50.9 Å². The summed E-state index contributed by atoms with van der Waals surface area (Å²) in [4.78, 5) is 20.8. The summed E-state index contributed by atoms with van der Waals surface area (Å²) in [5.74, 6) is -1.83. The lowest BCUT2D eigenvalue weighted by atomic mass is 10.1. The van der Waals surface area contributed by atoms with Crippen LogP contribution in [0.1, 0.15) is 48.1 Å². The lowest BCUT2D eigenvalue weighted by molar-refractivity contribution is -0.139. The molecule has 3 rings (SSSR count). The molecule has 1 amide bonds. The second-order valence-electron chi connectivity index (χ2n) is 9.12. The van der Waals surface area contributed by atoms with Crippen molar-refractivity contribution in [2.24, 2.45) is 0 Å². The molecule has 3 aromatic rings. The highest BCUT2D eigenvalue weighted by Crippen LogP contribution is 2.44. The monoisotopic (exact) mass is 541 g/mol. The van der Waals surface area contributed by atoms with E-state index in [0.717, 1.165) is 25.8 Å². The van der Waals surface area contributed by atoms with Crippen molar-refractivity contribution in [1.29, 1.82) is 0 Å². The van der Waals surface area contributed by atoms with Crippen LogP contribution in [0.3, 0.4) is 0 Å². The smallest absolute Gasteiger partial charge is 0.423 e. The average Bonchev–Trinajstić information content (AvgIpc) is 3.12. The summed E-state index contributed by atoms with van der Waals surface area (Å²) in [5.41, 5.74) is -1.40. The van der Waals surface area contributed by atoms with Crippen LogP contribution < -0.4 is 14.8 Å². The zero-order valence-corrected chi connectivity index (χ0v) is 21.8. The summed E-state index contributed by atoms with van der Waals surface area (Å²) in [6.07, 6.45) is -0.721. The van der Waals surface area contributed by atoms with Gasteiger partial charge in [-0.15, -0.1) is 0 Å². The summed E-state index contributed by atoms with van der Waals surface area (Å²) < 4.78 is 76.4. The number of nitrogens with zero attached hydrogens (tertiary/aromatic N) is 4. The first-order chi connectivity index (χ1) is 17.0. The zero-order valence-electron chi connectivity index (χ0n) is 21.0. The fourth-order valence-corrected chi connectivity index (χ4v) is 3.86. The Morgan fingerprint density at radius 3 is 2.27 bits per heavy atom. The van der Waals surface area contributed by atoms with Gasteiger partial charge in [-0.05, 0) is 39.8 Å². The molecule has 0 fully saturated rings. The summed E-state index contributed by atoms with van der Waals surface area (Å²) in [7, 11) is -2.33. The summed E-state index contributed by atoms with van der Waals surface area (Å²) in [6.45, 7) is 6.69. The van der Waals surface area contributed by atoms with E-state index in [4.69, 9.17) is 9.47 Å². The molecule has 0 aliphatic heterocycles. The molecule has 0 spiro atoms. The van der Waals surface area contributed by atoms with E-state index in [9.17, 15) is 26.4 Å². The minimum atomic E-state index is -4.80. The van der Waals surface area contributed by atoms with Crippen molar-refractivity contribution in [2.75, 3.05) is 13.4 Å². The Kier molecular flexibility index (Phi) is 7.54. The maximum atomic E-state index is 13.8. The van der Waals surface area contributed by atoms with E-state index >= 15 is 0 Å². The molecular weight excluding hydrogens is 515 g/mol. The van der Waals surface area contributed by atoms with Gasteiger partial charge in [0, 0.05) is 18.0 Å². The Balaban J connectivity index is 1.95. The molecule has 0 saturated heterocycles. The number of hydrogen-bond donors (Lipinski definition) is 1. The van der Waals surface area contributed by atoms with Gasteiger partial charge in [0.25, 0.3) is 5.91 Å². The minimum absolute atomic E-state index is 0.0365. The molecule has 0 bridgehead atoms. The van der Waals surface area contributed by atoms with Crippen LogP contribution in [0.15, 0.2) is 35.6 Å². The predicted octanol–water partition coefficient (Wildman–Crippen LogP) is 3.89. The molecule has 0 atom stereocenters. The van der Waals surface area contributed by atoms with E-state index in [1.54, 1.807) is 20.8 Å². The average molecular weight is 542 g/mol. The number of amides is 1. The first-order valence-electron chi connectivity index (χ1n) is 10.8. The zero-order chi connectivity index (χ0) is 27.8. The Morgan fingerprint density at radius 2 is 1.76 bits per heavy atom. The van der Waals surface area contributed by atoms with E-state index in [1.807, 2.05) is 0 Å². The van der Waals surface area contributed by atoms with Gasteiger partial charge in [-0.3, -0.25) is 14.8 Å². The number of methoxy groups -OCH3 is 1. The molecule has 0 aliphatic rings. The number of alkyl halides is 3. The van der Waals surface area contributed by atoms with Crippen molar-refractivity contribution in [3.63, 3.8) is 0 Å². The molecule has 10 nitrogen and oxygen atoms in total. The maximum Gasteiger partial charge on any atom is 0.423 e. The molecular formula is C23H26F3N5O5S. The molecule has 0 aromatic carbocycles. The predicted molar refractivity (Wildman–Crippen MR) is 126 cm³/mol. The van der Waals surface area contributed by atoms with Gasteiger partial charge in [-0.1, -0.05) is 0 Å². The van der Waals surface area contributed by atoms with Gasteiger partial charge >= 0.3 is 6.18 Å². The second-order valence-corrected chi connectivity index (χ2v) is 11.1. The van der Waals surface area contributed by atoms with Gasteiger partial charge < -0.3 is 14.8 Å². The third-order valence-corrected chi connectivity index (χ3v) is 6.26. The highest BCUT2D eigenvalue weighted by Gasteiger charge is 2.40. The highest BCUT2D eigenvalue weighted by atomic mass is 32.2. The number of aromatic nitrogens is 4. The van der Waals surface area contributed by atoms with Crippen molar-refractivity contribution in [3.8, 4) is 17.4 Å². The van der Waals surface area contributed by atoms with Crippen LogP contribution in [0.2, 0.25) is 0 Å². The van der Waals surface area contributed by atoms with E-state index < -0.39 is 44.5 Å². The van der Waals surface area contributed by atoms with Crippen molar-refractivity contribution >= 4 is 15.7 Å². The molecule has 0 aliphatic carbocycles. The van der Waals surface area contributed by atoms with Crippen molar-refractivity contribution in [3.05, 3.63) is 53.2 Å². The quantitative estimate of drug-likeness (QED) is 0.478. The number of rotatable bonds is 7. The molecule has 0 unspecified atom stereocenters. The van der Waals surface area contributed by atoms with E-state index in [2.05, 4.69) is 20.4 Å². The number of ether oxygens (including phenoxy) is 2. The van der Waals surface area contributed by atoms with Crippen LogP contribution in [0.5, 0.6) is 17.4 Å². The van der Waals surface area contributed by atoms with Crippen LogP contribution in [-0.2, 0) is 28.1 Å². The lowest BCUT2D eigenvalue weighted by Gasteiger charge is -2.23. The Labute approximate surface area is 211 Å². The molecule has 3 aromatic heterocycles. The molecule has 3 heterocycles. The van der Waals surface area contributed by atoms with E-state index in [0.29, 0.717) is 5.69 Å². The number of sulfone groups is 1. The van der Waals surface area contributed by atoms with Gasteiger partial charge in [-0.25, -0.2) is 13.1 Å². The fourth-order valence-electron chi connectivity index (χ4n) is 3.30. The first kappa shape index (κ1) is 27.9. The maximum absolute atomic E-state index is 13.8. The largest absolute Gasteiger partial charge is 0.494 e. The third kappa shape index (κ3) is 6.18. The summed E-state index contributed by atoms with van der Waals surface area (Å²) >= 11 is 0. The van der Waals surface area contributed by atoms with Crippen LogP contribution >= 0.6 is 0 Å². The molecule has 0 saturated carbocycles. The Hall–Kier alpha value is -3.68. The van der Waals surface area contributed by atoms with Crippen LogP contribution in [0.4, 0.5) is 13.2 Å². The van der Waals surface area contributed by atoms with Gasteiger partial charge in [0.2, 0.25) is 5.88 Å². The van der Waals surface area contributed by atoms with Gasteiger partial charge in [0.1, 0.15) is 5.56 Å². The lowest BCUT2D eigenvalue weighted by Crippen LogP contribution is -2.27. The molecule has 14 heteroatoms. The number of halogens is 3. The van der Waals surface area contributed by atoms with E-state index in [1.165, 1.54) is 29.9 Å². The van der Waals surface area contributed by atoms with Crippen molar-refractivity contribution in [1.82, 2.24) is 25.1 Å². The standard InChI is InChI=1S/C23H26F3N5O5S/c1-13-19(20(32)29-9-14-7-8-15(10-28-14)37(6,33)34)30-31(22(2,3)4)21(13)36-17-12-27-11-16(35-5)18(17)23(24,25)26/h7-8,10-12H,9H2,1-6H3,(H,29,32). The molecule has 1 N–H and O–H groups in total. The van der Waals surface area contributed by atoms with Crippen molar-refractivity contribution < 1.29 is 35.9 Å². The number of nitrogens with one attached hydrogen (secondary N) is 1. The number of carbonyl (C=O) groups excluding carboxylic acids is 1. The normalized spacial score (nSPS) is 12.4. The van der Waals surface area contributed by atoms with E-state index in [-0.39, 0.29) is 28.6 Å². The number of pyridine rings is 2. The van der Waals surface area contributed by atoms with Crippen LogP contribution in [0, 0.1) is 6.92 Å².